The number of rotatable bonds is 4. The first-order valence-electron chi connectivity index (χ1n) is 9.80. The third kappa shape index (κ3) is 6.03. The van der Waals surface area contributed by atoms with E-state index < -0.39 is 5.60 Å². The van der Waals surface area contributed by atoms with Crippen molar-refractivity contribution >= 4 is 46.1 Å². The first-order chi connectivity index (χ1) is 13.7. The fourth-order valence-corrected chi connectivity index (χ4v) is 4.58. The Kier molecular flexibility index (Phi) is 6.96. The molecule has 0 unspecified atom stereocenters. The monoisotopic (exact) mass is 434 g/mol. The standard InChI is InChI=1S/C22H27ClN2O3S/c1-22(2,3)28-21(27)25-12-10-16(11-13-25)24-19(26)14-29-18-9-5-7-15-6-4-8-17(23)20(15)18/h4-9,16H,10-14H2,1-3H3,(H,24,26). The average Bonchev–Trinajstić information content (AvgIpc) is 2.65. The van der Waals surface area contributed by atoms with Crippen LogP contribution in [0.5, 0.6) is 0 Å². The molecule has 2 aromatic carbocycles. The van der Waals surface area contributed by atoms with E-state index in [0.717, 1.165) is 28.5 Å². The van der Waals surface area contributed by atoms with Crippen molar-refractivity contribution in [3.8, 4) is 0 Å². The zero-order valence-corrected chi connectivity index (χ0v) is 18.6. The second-order valence-corrected chi connectivity index (χ2v) is 9.62. The van der Waals surface area contributed by atoms with E-state index in [1.54, 1.807) is 4.90 Å². The summed E-state index contributed by atoms with van der Waals surface area (Å²) in [5, 5.41) is 5.84. The number of ether oxygens (including phenoxy) is 1. The second-order valence-electron chi connectivity index (χ2n) is 8.19. The highest BCUT2D eigenvalue weighted by molar-refractivity contribution is 8.00. The van der Waals surface area contributed by atoms with E-state index in [1.807, 2.05) is 57.2 Å². The number of carbonyl (C=O) groups is 2. The highest BCUT2D eigenvalue weighted by Crippen LogP contribution is 2.33. The lowest BCUT2D eigenvalue weighted by Gasteiger charge is -2.33. The van der Waals surface area contributed by atoms with Crippen LogP contribution in [0.25, 0.3) is 10.8 Å². The summed E-state index contributed by atoms with van der Waals surface area (Å²) >= 11 is 7.85. The number of amides is 2. The van der Waals surface area contributed by atoms with Crippen LogP contribution >= 0.6 is 23.4 Å². The lowest BCUT2D eigenvalue weighted by molar-refractivity contribution is -0.119. The minimum Gasteiger partial charge on any atom is -0.444 e. The summed E-state index contributed by atoms with van der Waals surface area (Å²) < 4.78 is 5.41. The fraction of sp³-hybridized carbons (Fsp3) is 0.455. The van der Waals surface area contributed by atoms with Crippen LogP contribution in [-0.2, 0) is 9.53 Å². The Morgan fingerprint density at radius 1 is 1.17 bits per heavy atom. The topological polar surface area (TPSA) is 58.6 Å². The van der Waals surface area contributed by atoms with Gasteiger partial charge in [-0.2, -0.15) is 0 Å². The van der Waals surface area contributed by atoms with Crippen molar-refractivity contribution in [3.63, 3.8) is 0 Å². The number of fused-ring (bicyclic) bond motifs is 1. The number of likely N-dealkylation sites (tertiary alicyclic amines) is 1. The molecule has 0 saturated carbocycles. The molecule has 1 aliphatic heterocycles. The summed E-state index contributed by atoms with van der Waals surface area (Å²) in [6.45, 7) is 6.76. The van der Waals surface area contributed by atoms with Crippen molar-refractivity contribution in [3.05, 3.63) is 41.4 Å². The number of benzene rings is 2. The molecule has 0 spiro atoms. The molecule has 0 radical (unpaired) electrons. The molecule has 1 N–H and O–H groups in total. The molecule has 29 heavy (non-hydrogen) atoms. The lowest BCUT2D eigenvalue weighted by Crippen LogP contribution is -2.48. The van der Waals surface area contributed by atoms with E-state index in [0.29, 0.717) is 23.9 Å². The number of hydrogen-bond acceptors (Lipinski definition) is 4. The molecule has 3 rings (SSSR count). The van der Waals surface area contributed by atoms with E-state index >= 15 is 0 Å². The number of piperidine rings is 1. The first-order valence-corrected chi connectivity index (χ1v) is 11.2. The van der Waals surface area contributed by atoms with E-state index in [-0.39, 0.29) is 18.0 Å². The normalized spacial score (nSPS) is 15.4. The molecule has 2 aromatic rings. The molecule has 0 bridgehead atoms. The smallest absolute Gasteiger partial charge is 0.410 e. The van der Waals surface area contributed by atoms with Gasteiger partial charge < -0.3 is 15.0 Å². The maximum atomic E-state index is 12.4. The summed E-state index contributed by atoms with van der Waals surface area (Å²) in [5.41, 5.74) is -0.496. The van der Waals surface area contributed by atoms with Crippen LogP contribution in [-0.4, -0.2) is 47.4 Å². The molecule has 2 amide bonds. The van der Waals surface area contributed by atoms with Gasteiger partial charge in [0.1, 0.15) is 5.60 Å². The van der Waals surface area contributed by atoms with Gasteiger partial charge in [0.15, 0.2) is 0 Å². The largest absolute Gasteiger partial charge is 0.444 e. The van der Waals surface area contributed by atoms with Gasteiger partial charge in [-0.3, -0.25) is 4.79 Å². The lowest BCUT2D eigenvalue weighted by atomic mass is 10.1. The van der Waals surface area contributed by atoms with Crippen molar-refractivity contribution in [2.24, 2.45) is 0 Å². The van der Waals surface area contributed by atoms with Crippen LogP contribution < -0.4 is 5.32 Å². The maximum absolute atomic E-state index is 12.4. The van der Waals surface area contributed by atoms with Crippen LogP contribution in [0, 0.1) is 0 Å². The van der Waals surface area contributed by atoms with Crippen molar-refractivity contribution in [2.45, 2.75) is 50.2 Å². The molecular formula is C22H27ClN2O3S. The second kappa shape index (κ2) is 9.26. The van der Waals surface area contributed by atoms with Gasteiger partial charge in [0, 0.05) is 34.4 Å². The summed E-state index contributed by atoms with van der Waals surface area (Å²) in [7, 11) is 0. The number of nitrogens with zero attached hydrogens (tertiary/aromatic N) is 1. The predicted octanol–water partition coefficient (Wildman–Crippen LogP) is 5.10. The van der Waals surface area contributed by atoms with E-state index in [9.17, 15) is 9.59 Å². The number of nitrogens with one attached hydrogen (secondary N) is 1. The average molecular weight is 435 g/mol. The van der Waals surface area contributed by atoms with Crippen molar-refractivity contribution in [1.29, 1.82) is 0 Å². The molecule has 1 saturated heterocycles. The van der Waals surface area contributed by atoms with Gasteiger partial charge in [0.25, 0.3) is 0 Å². The highest BCUT2D eigenvalue weighted by Gasteiger charge is 2.27. The summed E-state index contributed by atoms with van der Waals surface area (Å²) in [6.07, 6.45) is 1.18. The Morgan fingerprint density at radius 3 is 2.48 bits per heavy atom. The zero-order chi connectivity index (χ0) is 21.0. The quantitative estimate of drug-likeness (QED) is 0.680. The third-order valence-corrected chi connectivity index (χ3v) is 6.06. The Bertz CT molecular complexity index is 884. The van der Waals surface area contributed by atoms with E-state index in [2.05, 4.69) is 5.32 Å². The van der Waals surface area contributed by atoms with Gasteiger partial charge >= 0.3 is 6.09 Å². The SMILES string of the molecule is CC(C)(C)OC(=O)N1CCC(NC(=O)CSc2cccc3cccc(Cl)c23)CC1. The molecule has 7 heteroatoms. The van der Waals surface area contributed by atoms with Crippen LogP contribution in [0.15, 0.2) is 41.3 Å². The summed E-state index contributed by atoms with van der Waals surface area (Å²) in [6, 6.07) is 11.9. The van der Waals surface area contributed by atoms with Crippen LogP contribution in [0.2, 0.25) is 5.02 Å². The summed E-state index contributed by atoms with van der Waals surface area (Å²) in [4.78, 5) is 27.3. The van der Waals surface area contributed by atoms with Gasteiger partial charge in [0.05, 0.1) is 5.75 Å². The van der Waals surface area contributed by atoms with Gasteiger partial charge in [-0.25, -0.2) is 4.79 Å². The number of hydrogen-bond donors (Lipinski definition) is 1. The molecule has 0 aromatic heterocycles. The van der Waals surface area contributed by atoms with Gasteiger partial charge in [-0.05, 0) is 51.1 Å². The van der Waals surface area contributed by atoms with Crippen LogP contribution in [0.3, 0.4) is 0 Å². The van der Waals surface area contributed by atoms with Crippen molar-refractivity contribution in [2.75, 3.05) is 18.8 Å². The molecule has 156 valence electrons. The Balaban J connectivity index is 1.49. The number of thioether (sulfide) groups is 1. The Morgan fingerprint density at radius 2 is 1.83 bits per heavy atom. The van der Waals surface area contributed by atoms with Gasteiger partial charge in [-0.15, -0.1) is 11.8 Å². The highest BCUT2D eigenvalue weighted by atomic mass is 35.5. The zero-order valence-electron chi connectivity index (χ0n) is 17.0. The maximum Gasteiger partial charge on any atom is 0.410 e. The number of carbonyl (C=O) groups excluding carboxylic acids is 2. The van der Waals surface area contributed by atoms with E-state index in [4.69, 9.17) is 16.3 Å². The first kappa shape index (κ1) is 21.8. The number of halogens is 1. The molecule has 1 heterocycles. The summed E-state index contributed by atoms with van der Waals surface area (Å²) in [5.74, 6) is 0.325. The molecule has 1 aliphatic rings. The Labute approximate surface area is 181 Å². The van der Waals surface area contributed by atoms with E-state index in [1.165, 1.54) is 11.8 Å². The Hall–Kier alpha value is -1.92. The van der Waals surface area contributed by atoms with Crippen molar-refractivity contribution in [1.82, 2.24) is 10.2 Å². The molecular weight excluding hydrogens is 408 g/mol. The van der Waals surface area contributed by atoms with Crippen molar-refractivity contribution < 1.29 is 14.3 Å². The minimum atomic E-state index is -0.496. The van der Waals surface area contributed by atoms with Crippen LogP contribution in [0.1, 0.15) is 33.6 Å². The van der Waals surface area contributed by atoms with Gasteiger partial charge in [-0.1, -0.05) is 35.9 Å². The molecule has 0 aliphatic carbocycles. The molecule has 5 nitrogen and oxygen atoms in total. The predicted molar refractivity (Wildman–Crippen MR) is 119 cm³/mol. The fourth-order valence-electron chi connectivity index (χ4n) is 3.33. The third-order valence-electron chi connectivity index (χ3n) is 4.69. The molecule has 0 atom stereocenters. The van der Waals surface area contributed by atoms with Gasteiger partial charge in [0.2, 0.25) is 5.91 Å². The van der Waals surface area contributed by atoms with Crippen LogP contribution in [0.4, 0.5) is 4.79 Å². The minimum absolute atomic E-state index is 0.00484. The molecule has 1 fully saturated rings.